The van der Waals surface area contributed by atoms with Crippen LogP contribution in [0.2, 0.25) is 0 Å². The van der Waals surface area contributed by atoms with Gasteiger partial charge in [0.25, 0.3) is 0 Å². The second-order valence-electron chi connectivity index (χ2n) is 4.82. The average molecular weight is 258 g/mol. The molecule has 2 aliphatic carbocycles. The molecule has 0 aromatic carbocycles. The van der Waals surface area contributed by atoms with E-state index in [4.69, 9.17) is 4.74 Å². The number of carbonyl (C=O) groups excluding carboxylic acids is 1. The predicted molar refractivity (Wildman–Crippen MR) is 74.8 cm³/mol. The molecule has 2 rings (SSSR count). The van der Waals surface area contributed by atoms with Crippen molar-refractivity contribution in [3.8, 4) is 16.9 Å². The first-order valence-electron chi connectivity index (χ1n) is 6.47. The molecule has 0 fully saturated rings. The van der Waals surface area contributed by atoms with Crippen molar-refractivity contribution in [2.24, 2.45) is 0 Å². The third-order valence-corrected chi connectivity index (χ3v) is 3.15. The Balaban J connectivity index is 2.62. The highest BCUT2D eigenvalue weighted by molar-refractivity contribution is 6.02. The lowest BCUT2D eigenvalue weighted by atomic mass is 10.0. The van der Waals surface area contributed by atoms with Crippen molar-refractivity contribution in [1.82, 2.24) is 0 Å². The molecule has 3 nitrogen and oxygen atoms in total. The van der Waals surface area contributed by atoms with E-state index >= 15 is 0 Å². The van der Waals surface area contributed by atoms with Crippen LogP contribution in [0.3, 0.4) is 0 Å². The molecule has 0 bridgehead atoms. The maximum absolute atomic E-state index is 11.9. The van der Waals surface area contributed by atoms with Gasteiger partial charge in [-0.05, 0) is 36.1 Å². The van der Waals surface area contributed by atoms with Crippen molar-refractivity contribution in [2.45, 2.75) is 26.7 Å². The quantitative estimate of drug-likeness (QED) is 0.852. The van der Waals surface area contributed by atoms with E-state index in [0.717, 1.165) is 16.7 Å². The summed E-state index contributed by atoms with van der Waals surface area (Å²) in [6.45, 7) is 6.22. The molecule has 0 radical (unpaired) electrons. The Bertz CT molecular complexity index is 573. The maximum atomic E-state index is 11.9. The zero-order chi connectivity index (χ0) is 14.0. The maximum Gasteiger partial charge on any atom is 0.342 e. The zero-order valence-electron chi connectivity index (χ0n) is 11.4. The number of aromatic hydroxyl groups is 1. The van der Waals surface area contributed by atoms with Crippen LogP contribution < -0.4 is 0 Å². The molecule has 19 heavy (non-hydrogen) atoms. The van der Waals surface area contributed by atoms with Crippen molar-refractivity contribution >= 4 is 5.97 Å². The molecule has 0 aromatic heterocycles. The molecular formula is C16H18O3. The monoisotopic (exact) mass is 258 g/mol. The van der Waals surface area contributed by atoms with Gasteiger partial charge in [-0.2, -0.15) is 0 Å². The van der Waals surface area contributed by atoms with Gasteiger partial charge in [-0.3, -0.25) is 0 Å². The molecule has 2 aliphatic rings. The van der Waals surface area contributed by atoms with Crippen LogP contribution in [-0.2, 0) is 4.74 Å². The van der Waals surface area contributed by atoms with Gasteiger partial charge in [-0.1, -0.05) is 32.0 Å². The Morgan fingerprint density at radius 2 is 2.05 bits per heavy atom. The van der Waals surface area contributed by atoms with Crippen LogP contribution in [0.15, 0.2) is 30.3 Å². The van der Waals surface area contributed by atoms with E-state index in [2.05, 4.69) is 13.8 Å². The van der Waals surface area contributed by atoms with Crippen molar-refractivity contribution in [3.05, 3.63) is 41.5 Å². The van der Waals surface area contributed by atoms with E-state index in [1.165, 1.54) is 0 Å². The third-order valence-electron chi connectivity index (χ3n) is 3.15. The van der Waals surface area contributed by atoms with Crippen molar-refractivity contribution in [3.63, 3.8) is 0 Å². The van der Waals surface area contributed by atoms with Crippen LogP contribution in [0, 0.1) is 0 Å². The molecule has 0 heterocycles. The van der Waals surface area contributed by atoms with Crippen molar-refractivity contribution in [1.29, 1.82) is 0 Å². The first-order chi connectivity index (χ1) is 9.04. The molecule has 0 unspecified atom stereocenters. The van der Waals surface area contributed by atoms with Crippen LogP contribution in [0.4, 0.5) is 0 Å². The Morgan fingerprint density at radius 1 is 1.32 bits per heavy atom. The molecule has 1 N–H and O–H groups in total. The van der Waals surface area contributed by atoms with E-state index < -0.39 is 5.97 Å². The van der Waals surface area contributed by atoms with Crippen LogP contribution >= 0.6 is 0 Å². The highest BCUT2D eigenvalue weighted by atomic mass is 16.5. The van der Waals surface area contributed by atoms with Crippen LogP contribution in [0.1, 0.15) is 42.6 Å². The van der Waals surface area contributed by atoms with E-state index in [1.54, 1.807) is 13.0 Å². The van der Waals surface area contributed by atoms with Crippen LogP contribution in [0.25, 0.3) is 11.1 Å². The van der Waals surface area contributed by atoms with Gasteiger partial charge >= 0.3 is 5.97 Å². The Hall–Kier alpha value is -2.03. The second kappa shape index (κ2) is 5.31. The number of fused-ring (bicyclic) bond motifs is 1. The SMILES string of the molecule is CCOC(=O)c1c(O)cc2cccc(C(C)C)cc1-2. The first kappa shape index (κ1) is 13.4. The second-order valence-corrected chi connectivity index (χ2v) is 4.82. The molecule has 3 heteroatoms. The molecule has 0 atom stereocenters. The lowest BCUT2D eigenvalue weighted by Gasteiger charge is -2.05. The lowest BCUT2D eigenvalue weighted by molar-refractivity contribution is 0.0524. The fraction of sp³-hybridized carbons (Fsp3) is 0.312. The highest BCUT2D eigenvalue weighted by Crippen LogP contribution is 2.37. The number of esters is 1. The summed E-state index contributed by atoms with van der Waals surface area (Å²) in [5.41, 5.74) is 2.96. The molecular weight excluding hydrogens is 240 g/mol. The van der Waals surface area contributed by atoms with Gasteiger partial charge in [-0.15, -0.1) is 0 Å². The standard InChI is InChI=1S/C16H18O3/c1-4-19-16(18)15-13-8-11(10(2)3)6-5-7-12(13)9-14(15)17/h5-10,17H,4H2,1-3H3. The fourth-order valence-electron chi connectivity index (χ4n) is 2.13. The molecule has 0 amide bonds. The Morgan fingerprint density at radius 3 is 2.68 bits per heavy atom. The third kappa shape index (κ3) is 2.55. The predicted octanol–water partition coefficient (Wildman–Crippen LogP) is 3.80. The number of hydrogen-bond donors (Lipinski definition) is 1. The summed E-state index contributed by atoms with van der Waals surface area (Å²) < 4.78 is 5.01. The summed E-state index contributed by atoms with van der Waals surface area (Å²) >= 11 is 0. The van der Waals surface area contributed by atoms with Gasteiger partial charge in [0, 0.05) is 5.56 Å². The first-order valence-corrected chi connectivity index (χ1v) is 6.47. The highest BCUT2D eigenvalue weighted by Gasteiger charge is 2.22. The zero-order valence-corrected chi connectivity index (χ0v) is 11.4. The van der Waals surface area contributed by atoms with Gasteiger partial charge in [0.2, 0.25) is 0 Å². The number of ether oxygens (including phenoxy) is 1. The molecule has 0 saturated carbocycles. The number of carbonyl (C=O) groups is 1. The van der Waals surface area contributed by atoms with Crippen molar-refractivity contribution < 1.29 is 14.6 Å². The van der Waals surface area contributed by atoms with Gasteiger partial charge in [0.05, 0.1) is 6.61 Å². The Kier molecular flexibility index (Phi) is 3.74. The normalized spacial score (nSPS) is 10.9. The molecule has 0 saturated heterocycles. The van der Waals surface area contributed by atoms with Crippen LogP contribution in [-0.4, -0.2) is 17.7 Å². The van der Waals surface area contributed by atoms with E-state index in [-0.39, 0.29) is 11.3 Å². The lowest BCUT2D eigenvalue weighted by Crippen LogP contribution is -2.04. The van der Waals surface area contributed by atoms with Crippen molar-refractivity contribution in [2.75, 3.05) is 6.61 Å². The van der Waals surface area contributed by atoms with E-state index in [9.17, 15) is 9.90 Å². The number of hydrogen-bond acceptors (Lipinski definition) is 3. The topological polar surface area (TPSA) is 46.5 Å². The molecule has 0 aliphatic heterocycles. The minimum Gasteiger partial charge on any atom is -0.507 e. The number of rotatable bonds is 3. The van der Waals surface area contributed by atoms with E-state index in [1.807, 2.05) is 24.3 Å². The molecule has 0 spiro atoms. The minimum absolute atomic E-state index is 0.0191. The summed E-state index contributed by atoms with van der Waals surface area (Å²) in [5.74, 6) is -0.145. The summed E-state index contributed by atoms with van der Waals surface area (Å²) in [5, 5.41) is 9.94. The van der Waals surface area contributed by atoms with Gasteiger partial charge in [0.15, 0.2) is 0 Å². The minimum atomic E-state index is -0.476. The average Bonchev–Trinajstić information content (AvgIpc) is 2.52. The Labute approximate surface area is 113 Å². The van der Waals surface area contributed by atoms with Gasteiger partial charge < -0.3 is 9.84 Å². The summed E-state index contributed by atoms with van der Waals surface area (Å²) in [6, 6.07) is 9.41. The largest absolute Gasteiger partial charge is 0.507 e. The molecule has 100 valence electrons. The van der Waals surface area contributed by atoms with Gasteiger partial charge in [-0.25, -0.2) is 4.79 Å². The smallest absolute Gasteiger partial charge is 0.342 e. The van der Waals surface area contributed by atoms with E-state index in [0.29, 0.717) is 12.5 Å². The fourth-order valence-corrected chi connectivity index (χ4v) is 2.13. The molecule has 0 aromatic rings. The summed E-state index contributed by atoms with van der Waals surface area (Å²) in [6.07, 6.45) is 0. The summed E-state index contributed by atoms with van der Waals surface area (Å²) in [7, 11) is 0. The summed E-state index contributed by atoms with van der Waals surface area (Å²) in [4.78, 5) is 11.9. The van der Waals surface area contributed by atoms with Crippen LogP contribution in [0.5, 0.6) is 5.75 Å². The van der Waals surface area contributed by atoms with Gasteiger partial charge in [0.1, 0.15) is 11.3 Å².